The molecule has 0 fully saturated rings. The fourth-order valence-corrected chi connectivity index (χ4v) is 2.16. The van der Waals surface area contributed by atoms with Crippen molar-refractivity contribution in [2.45, 2.75) is 29.7 Å². The number of amides is 1. The number of rotatable bonds is 6. The van der Waals surface area contributed by atoms with Crippen LogP contribution in [-0.2, 0) is 14.6 Å². The van der Waals surface area contributed by atoms with Crippen LogP contribution < -0.4 is 5.73 Å². The first-order valence-electron chi connectivity index (χ1n) is 4.62. The molecular weight excluding hydrogens is 349 g/mol. The Hall–Kier alpha value is -1.21. The fraction of sp³-hybridized carbons (Fsp3) is 0.857. The summed E-state index contributed by atoms with van der Waals surface area (Å²) in [5.41, 5.74) is 4.34. The van der Waals surface area contributed by atoms with Crippen LogP contribution in [-0.4, -0.2) is 43.4 Å². The number of carbonyl (C=O) groups is 1. The van der Waals surface area contributed by atoms with Gasteiger partial charge in [0.25, 0.3) is 0 Å². The molecule has 0 aliphatic rings. The summed E-state index contributed by atoms with van der Waals surface area (Å²) in [4.78, 5) is 10.2. The van der Waals surface area contributed by atoms with Crippen LogP contribution in [0.5, 0.6) is 0 Å². The third-order valence-electron chi connectivity index (χ3n) is 2.12. The molecule has 0 aromatic carbocycles. The SMILES string of the molecule is NC(=O)CCS(=O)(=O)C(F)(F)C(F)(F)C(F)(F)C(F)(F)F. The van der Waals surface area contributed by atoms with E-state index in [1.165, 1.54) is 0 Å². The van der Waals surface area contributed by atoms with Crippen molar-refractivity contribution in [3.8, 4) is 0 Å². The Balaban J connectivity index is 5.84. The van der Waals surface area contributed by atoms with Crippen molar-refractivity contribution in [1.29, 1.82) is 0 Å². The van der Waals surface area contributed by atoms with Gasteiger partial charge < -0.3 is 5.73 Å². The molecule has 0 bridgehead atoms. The molecule has 0 saturated carbocycles. The van der Waals surface area contributed by atoms with Gasteiger partial charge >= 0.3 is 23.3 Å². The molecular formula is C7H6F9NO3S. The minimum Gasteiger partial charge on any atom is -0.370 e. The van der Waals surface area contributed by atoms with Crippen LogP contribution in [0.2, 0.25) is 0 Å². The smallest absolute Gasteiger partial charge is 0.370 e. The van der Waals surface area contributed by atoms with Crippen LogP contribution >= 0.6 is 0 Å². The molecule has 0 heterocycles. The first-order chi connectivity index (χ1) is 8.92. The zero-order valence-electron chi connectivity index (χ0n) is 9.53. The number of hydrogen-bond acceptors (Lipinski definition) is 3. The van der Waals surface area contributed by atoms with E-state index in [1.54, 1.807) is 0 Å². The molecule has 0 radical (unpaired) electrons. The van der Waals surface area contributed by atoms with E-state index in [0.717, 1.165) is 0 Å². The Morgan fingerprint density at radius 2 is 1.24 bits per heavy atom. The summed E-state index contributed by atoms with van der Waals surface area (Å²) in [6.45, 7) is 0. The first-order valence-corrected chi connectivity index (χ1v) is 6.28. The van der Waals surface area contributed by atoms with E-state index in [1.807, 2.05) is 0 Å². The van der Waals surface area contributed by atoms with Crippen molar-refractivity contribution < 1.29 is 52.7 Å². The molecule has 0 rings (SSSR count). The average Bonchev–Trinajstić information content (AvgIpc) is 2.24. The van der Waals surface area contributed by atoms with E-state index in [0.29, 0.717) is 0 Å². The van der Waals surface area contributed by atoms with Gasteiger partial charge in [-0.3, -0.25) is 4.79 Å². The number of carbonyl (C=O) groups excluding carboxylic acids is 1. The quantitative estimate of drug-likeness (QED) is 0.737. The summed E-state index contributed by atoms with van der Waals surface area (Å²) in [5, 5.41) is -6.77. The monoisotopic (exact) mass is 355 g/mol. The van der Waals surface area contributed by atoms with Crippen molar-refractivity contribution in [2.75, 3.05) is 5.75 Å². The van der Waals surface area contributed by atoms with Gasteiger partial charge in [0.15, 0.2) is 0 Å². The Bertz CT molecular complexity index is 510. The van der Waals surface area contributed by atoms with Gasteiger partial charge in [-0.15, -0.1) is 0 Å². The Morgan fingerprint density at radius 3 is 1.52 bits per heavy atom. The Kier molecular flexibility index (Phi) is 4.91. The number of nitrogens with two attached hydrogens (primary N) is 1. The van der Waals surface area contributed by atoms with E-state index in [-0.39, 0.29) is 0 Å². The standard InChI is InChI=1S/C7H6F9NO3S/c8-4(9,6(12,13)14)5(10,11)7(15,16)21(19,20)2-1-3(17)18/h1-2H2,(H2,17,18). The predicted octanol–water partition coefficient (Wildman–Crippen LogP) is 1.70. The molecule has 0 aliphatic carbocycles. The van der Waals surface area contributed by atoms with Crippen molar-refractivity contribution >= 4 is 15.7 Å². The number of sulfone groups is 1. The molecule has 4 nitrogen and oxygen atoms in total. The van der Waals surface area contributed by atoms with Gasteiger partial charge in [0.05, 0.1) is 5.75 Å². The van der Waals surface area contributed by atoms with E-state index >= 15 is 0 Å². The minimum atomic E-state index is -7.32. The molecule has 0 aromatic heterocycles. The summed E-state index contributed by atoms with van der Waals surface area (Å²) in [5.74, 6) is -18.3. The Labute approximate surface area is 111 Å². The van der Waals surface area contributed by atoms with Crippen LogP contribution in [0.15, 0.2) is 0 Å². The highest BCUT2D eigenvalue weighted by atomic mass is 32.2. The second kappa shape index (κ2) is 5.21. The van der Waals surface area contributed by atoms with Crippen molar-refractivity contribution in [3.05, 3.63) is 0 Å². The zero-order valence-corrected chi connectivity index (χ0v) is 10.3. The normalized spacial score (nSPS) is 15.1. The maximum absolute atomic E-state index is 13.0. The van der Waals surface area contributed by atoms with Crippen LogP contribution in [0.25, 0.3) is 0 Å². The third kappa shape index (κ3) is 3.18. The molecule has 0 atom stereocenters. The summed E-state index contributed by atoms with van der Waals surface area (Å²) >= 11 is 0. The van der Waals surface area contributed by atoms with Crippen LogP contribution in [0.4, 0.5) is 39.5 Å². The van der Waals surface area contributed by atoms with Crippen LogP contribution in [0.3, 0.4) is 0 Å². The third-order valence-corrected chi connectivity index (χ3v) is 3.90. The van der Waals surface area contributed by atoms with Gasteiger partial charge in [0.2, 0.25) is 15.7 Å². The summed E-state index contributed by atoms with van der Waals surface area (Å²) in [7, 11) is -6.52. The van der Waals surface area contributed by atoms with Crippen LogP contribution in [0.1, 0.15) is 6.42 Å². The fourth-order valence-electron chi connectivity index (χ4n) is 0.919. The molecule has 0 aromatic rings. The van der Waals surface area contributed by atoms with Crippen molar-refractivity contribution in [3.63, 3.8) is 0 Å². The van der Waals surface area contributed by atoms with E-state index in [4.69, 9.17) is 0 Å². The van der Waals surface area contributed by atoms with Gasteiger partial charge in [-0.2, -0.15) is 39.5 Å². The molecule has 0 unspecified atom stereocenters. The molecule has 1 amide bonds. The summed E-state index contributed by atoms with van der Waals surface area (Å²) in [6.07, 6.45) is -8.59. The maximum atomic E-state index is 13.0. The van der Waals surface area contributed by atoms with Gasteiger partial charge in [-0.1, -0.05) is 0 Å². The topological polar surface area (TPSA) is 77.2 Å². The van der Waals surface area contributed by atoms with E-state index in [2.05, 4.69) is 5.73 Å². The number of halogens is 9. The Morgan fingerprint density at radius 1 is 0.857 bits per heavy atom. The van der Waals surface area contributed by atoms with Gasteiger partial charge in [0.1, 0.15) is 0 Å². The lowest BCUT2D eigenvalue weighted by Crippen LogP contribution is -2.63. The lowest BCUT2D eigenvalue weighted by Gasteiger charge is -2.33. The van der Waals surface area contributed by atoms with Crippen LogP contribution in [0, 0.1) is 0 Å². The number of primary amides is 1. The second-order valence-electron chi connectivity index (χ2n) is 3.70. The summed E-state index contributed by atoms with van der Waals surface area (Å²) < 4.78 is 133. The molecule has 21 heavy (non-hydrogen) atoms. The molecule has 0 saturated heterocycles. The summed E-state index contributed by atoms with van der Waals surface area (Å²) in [6, 6.07) is 0. The van der Waals surface area contributed by atoms with Gasteiger partial charge in [-0.25, -0.2) is 8.42 Å². The van der Waals surface area contributed by atoms with Gasteiger partial charge in [-0.05, 0) is 0 Å². The number of hydrogen-bond donors (Lipinski definition) is 1. The largest absolute Gasteiger partial charge is 0.460 e. The predicted molar refractivity (Wildman–Crippen MR) is 48.5 cm³/mol. The highest BCUT2D eigenvalue weighted by molar-refractivity contribution is 7.92. The molecule has 0 spiro atoms. The zero-order chi connectivity index (χ0) is 17.5. The van der Waals surface area contributed by atoms with Crippen molar-refractivity contribution in [1.82, 2.24) is 0 Å². The first kappa shape index (κ1) is 19.8. The van der Waals surface area contributed by atoms with E-state index in [9.17, 15) is 52.7 Å². The van der Waals surface area contributed by atoms with E-state index < -0.39 is 51.2 Å². The average molecular weight is 355 g/mol. The molecule has 0 aliphatic heterocycles. The highest BCUT2D eigenvalue weighted by Gasteiger charge is 2.84. The molecule has 126 valence electrons. The second-order valence-corrected chi connectivity index (χ2v) is 5.85. The highest BCUT2D eigenvalue weighted by Crippen LogP contribution is 2.54. The van der Waals surface area contributed by atoms with Gasteiger partial charge in [0, 0.05) is 6.42 Å². The lowest BCUT2D eigenvalue weighted by molar-refractivity contribution is -0.382. The molecule has 2 N–H and O–H groups in total. The minimum absolute atomic E-state index is 1.47. The van der Waals surface area contributed by atoms with Crippen molar-refractivity contribution in [2.24, 2.45) is 5.73 Å². The number of alkyl halides is 9. The molecule has 14 heteroatoms. The lowest BCUT2D eigenvalue weighted by atomic mass is 10.1. The maximum Gasteiger partial charge on any atom is 0.460 e.